The Morgan fingerprint density at radius 1 is 1.32 bits per heavy atom. The molecule has 1 aliphatic rings. The van der Waals surface area contributed by atoms with E-state index in [1.807, 2.05) is 13.0 Å². The minimum Gasteiger partial charge on any atom is -0.350 e. The molecule has 0 aliphatic heterocycles. The summed E-state index contributed by atoms with van der Waals surface area (Å²) in [7, 11) is 0. The van der Waals surface area contributed by atoms with Gasteiger partial charge in [0, 0.05) is 12.5 Å². The standard InChI is InChI=1S/C16H22Cl2N2O.ClH/c1-10(11-6-7-13(17)14(18)8-11)20-16(21)9-12-4-2-3-5-15(12)19;/h6-8,10,12,15H,2-5,9,19H2,1H3,(H,20,21);1H. The van der Waals surface area contributed by atoms with Crippen LogP contribution in [0, 0.1) is 5.92 Å². The van der Waals surface area contributed by atoms with Crippen LogP contribution in [0.2, 0.25) is 10.0 Å². The van der Waals surface area contributed by atoms with E-state index in [1.54, 1.807) is 12.1 Å². The maximum Gasteiger partial charge on any atom is 0.220 e. The molecule has 3 nitrogen and oxygen atoms in total. The van der Waals surface area contributed by atoms with Gasteiger partial charge in [-0.15, -0.1) is 12.4 Å². The largest absolute Gasteiger partial charge is 0.350 e. The number of nitrogens with one attached hydrogen (secondary N) is 1. The highest BCUT2D eigenvalue weighted by atomic mass is 35.5. The second-order valence-corrected chi connectivity index (χ2v) is 6.69. The first-order valence-electron chi connectivity index (χ1n) is 7.47. The highest BCUT2D eigenvalue weighted by Crippen LogP contribution is 2.27. The van der Waals surface area contributed by atoms with E-state index in [4.69, 9.17) is 28.9 Å². The van der Waals surface area contributed by atoms with E-state index in [9.17, 15) is 4.79 Å². The number of hydrogen-bond donors (Lipinski definition) is 2. The van der Waals surface area contributed by atoms with Crippen molar-refractivity contribution in [2.75, 3.05) is 0 Å². The van der Waals surface area contributed by atoms with E-state index in [0.29, 0.717) is 22.4 Å². The average Bonchev–Trinajstić information content (AvgIpc) is 2.44. The van der Waals surface area contributed by atoms with Crippen molar-refractivity contribution < 1.29 is 4.79 Å². The zero-order valence-corrected chi connectivity index (χ0v) is 15.0. The van der Waals surface area contributed by atoms with Gasteiger partial charge in [-0.25, -0.2) is 0 Å². The van der Waals surface area contributed by atoms with E-state index < -0.39 is 0 Å². The first-order valence-corrected chi connectivity index (χ1v) is 8.23. The molecule has 1 fully saturated rings. The highest BCUT2D eigenvalue weighted by Gasteiger charge is 2.24. The Balaban J connectivity index is 0.00000242. The fourth-order valence-corrected chi connectivity index (χ4v) is 3.20. The highest BCUT2D eigenvalue weighted by molar-refractivity contribution is 6.42. The molecule has 0 spiro atoms. The average molecular weight is 366 g/mol. The smallest absolute Gasteiger partial charge is 0.220 e. The van der Waals surface area contributed by atoms with E-state index in [2.05, 4.69) is 5.32 Å². The lowest BCUT2D eigenvalue weighted by Crippen LogP contribution is -2.37. The molecule has 3 unspecified atom stereocenters. The number of amides is 1. The number of hydrogen-bond acceptors (Lipinski definition) is 2. The summed E-state index contributed by atoms with van der Waals surface area (Å²) in [5.74, 6) is 0.357. The van der Waals surface area contributed by atoms with Crippen molar-refractivity contribution in [1.29, 1.82) is 0 Å². The Labute approximate surface area is 148 Å². The van der Waals surface area contributed by atoms with Crippen LogP contribution in [-0.4, -0.2) is 11.9 Å². The maximum atomic E-state index is 12.2. The van der Waals surface area contributed by atoms with Crippen LogP contribution in [0.3, 0.4) is 0 Å². The van der Waals surface area contributed by atoms with Gasteiger partial charge in [-0.3, -0.25) is 4.79 Å². The van der Waals surface area contributed by atoms with Gasteiger partial charge in [-0.05, 0) is 43.4 Å². The number of nitrogens with two attached hydrogens (primary N) is 1. The lowest BCUT2D eigenvalue weighted by Gasteiger charge is -2.28. The monoisotopic (exact) mass is 364 g/mol. The Hall–Kier alpha value is -0.480. The molecule has 0 bridgehead atoms. The summed E-state index contributed by atoms with van der Waals surface area (Å²) < 4.78 is 0. The van der Waals surface area contributed by atoms with E-state index >= 15 is 0 Å². The van der Waals surface area contributed by atoms with Crippen molar-refractivity contribution in [2.24, 2.45) is 11.7 Å². The van der Waals surface area contributed by atoms with E-state index in [-0.39, 0.29) is 30.4 Å². The molecule has 6 heteroatoms. The quantitative estimate of drug-likeness (QED) is 0.825. The molecule has 1 saturated carbocycles. The third-order valence-corrected chi connectivity index (χ3v) is 4.98. The van der Waals surface area contributed by atoms with Crippen LogP contribution in [0.25, 0.3) is 0 Å². The molecule has 3 atom stereocenters. The van der Waals surface area contributed by atoms with Crippen LogP contribution in [0.5, 0.6) is 0 Å². The van der Waals surface area contributed by atoms with Crippen molar-refractivity contribution in [1.82, 2.24) is 5.32 Å². The number of rotatable bonds is 4. The van der Waals surface area contributed by atoms with Crippen molar-refractivity contribution >= 4 is 41.5 Å². The van der Waals surface area contributed by atoms with Gasteiger partial charge < -0.3 is 11.1 Å². The van der Waals surface area contributed by atoms with E-state index in [0.717, 1.165) is 18.4 Å². The van der Waals surface area contributed by atoms with Gasteiger partial charge in [0.2, 0.25) is 5.91 Å². The summed E-state index contributed by atoms with van der Waals surface area (Å²) in [5, 5.41) is 4.04. The molecule has 0 radical (unpaired) electrons. The number of benzene rings is 1. The topological polar surface area (TPSA) is 55.1 Å². The van der Waals surface area contributed by atoms with Gasteiger partial charge in [0.25, 0.3) is 0 Å². The molecular formula is C16H23Cl3N2O. The molecule has 0 heterocycles. The third kappa shape index (κ3) is 5.31. The molecule has 0 saturated heterocycles. The summed E-state index contributed by atoms with van der Waals surface area (Å²) in [6.07, 6.45) is 4.94. The summed E-state index contributed by atoms with van der Waals surface area (Å²) >= 11 is 11.9. The minimum atomic E-state index is -0.0907. The minimum absolute atomic E-state index is 0. The zero-order valence-electron chi connectivity index (χ0n) is 12.6. The molecule has 124 valence electrons. The summed E-state index contributed by atoms with van der Waals surface area (Å²) in [6, 6.07) is 5.49. The van der Waals surface area contributed by atoms with Crippen LogP contribution in [0.1, 0.15) is 50.6 Å². The number of carbonyl (C=O) groups excluding carboxylic acids is 1. The van der Waals surface area contributed by atoms with Crippen molar-refractivity contribution in [2.45, 2.75) is 51.1 Å². The van der Waals surface area contributed by atoms with Crippen LogP contribution >= 0.6 is 35.6 Å². The van der Waals surface area contributed by atoms with Crippen molar-refractivity contribution in [3.8, 4) is 0 Å². The number of halogens is 3. The zero-order chi connectivity index (χ0) is 15.4. The lowest BCUT2D eigenvalue weighted by molar-refractivity contribution is -0.123. The van der Waals surface area contributed by atoms with Gasteiger partial charge in [0.1, 0.15) is 0 Å². The Morgan fingerprint density at radius 3 is 2.64 bits per heavy atom. The molecule has 1 aromatic rings. The van der Waals surface area contributed by atoms with Crippen LogP contribution in [0.4, 0.5) is 0 Å². The Kier molecular flexibility index (Phi) is 7.98. The summed E-state index contributed by atoms with van der Waals surface area (Å²) in [5.41, 5.74) is 7.04. The normalized spacial score (nSPS) is 22.5. The molecule has 1 amide bonds. The first-order chi connectivity index (χ1) is 9.97. The molecular weight excluding hydrogens is 343 g/mol. The van der Waals surface area contributed by atoms with Crippen molar-refractivity contribution in [3.05, 3.63) is 33.8 Å². The summed E-state index contributed by atoms with van der Waals surface area (Å²) in [6.45, 7) is 1.94. The number of carbonyl (C=O) groups is 1. The predicted molar refractivity (Wildman–Crippen MR) is 94.8 cm³/mol. The SMILES string of the molecule is CC(NC(=O)CC1CCCCC1N)c1ccc(Cl)c(Cl)c1.Cl. The summed E-state index contributed by atoms with van der Waals surface area (Å²) in [4.78, 5) is 12.2. The Morgan fingerprint density at radius 2 is 2.00 bits per heavy atom. The predicted octanol–water partition coefficient (Wildman–Crippen LogP) is 4.50. The molecule has 3 N–H and O–H groups in total. The molecule has 2 rings (SSSR count). The fraction of sp³-hybridized carbons (Fsp3) is 0.562. The maximum absolute atomic E-state index is 12.2. The fourth-order valence-electron chi connectivity index (χ4n) is 2.89. The second-order valence-electron chi connectivity index (χ2n) is 5.88. The van der Waals surface area contributed by atoms with Crippen LogP contribution in [0.15, 0.2) is 18.2 Å². The van der Waals surface area contributed by atoms with Gasteiger partial charge >= 0.3 is 0 Å². The second kappa shape index (κ2) is 8.97. The molecule has 1 aromatic carbocycles. The molecule has 22 heavy (non-hydrogen) atoms. The van der Waals surface area contributed by atoms with Crippen LogP contribution < -0.4 is 11.1 Å². The lowest BCUT2D eigenvalue weighted by atomic mass is 9.83. The Bertz CT molecular complexity index is 510. The third-order valence-electron chi connectivity index (χ3n) is 4.24. The van der Waals surface area contributed by atoms with Crippen LogP contribution in [-0.2, 0) is 4.79 Å². The molecule has 1 aliphatic carbocycles. The van der Waals surface area contributed by atoms with Gasteiger partial charge in [0.15, 0.2) is 0 Å². The van der Waals surface area contributed by atoms with E-state index in [1.165, 1.54) is 12.8 Å². The van der Waals surface area contributed by atoms with Crippen molar-refractivity contribution in [3.63, 3.8) is 0 Å². The molecule has 0 aromatic heterocycles. The first kappa shape index (κ1) is 19.6. The van der Waals surface area contributed by atoms with Gasteiger partial charge in [-0.1, -0.05) is 42.1 Å². The van der Waals surface area contributed by atoms with Gasteiger partial charge in [0.05, 0.1) is 16.1 Å². The van der Waals surface area contributed by atoms with Gasteiger partial charge in [-0.2, -0.15) is 0 Å².